The summed E-state index contributed by atoms with van der Waals surface area (Å²) in [4.78, 5) is 12.0. The van der Waals surface area contributed by atoms with E-state index in [0.717, 1.165) is 23.3 Å². The summed E-state index contributed by atoms with van der Waals surface area (Å²) in [6, 6.07) is 5.87. The van der Waals surface area contributed by atoms with E-state index in [9.17, 15) is 9.90 Å². The zero-order valence-electron chi connectivity index (χ0n) is 13.8. The van der Waals surface area contributed by atoms with E-state index in [-0.39, 0.29) is 12.5 Å². The maximum absolute atomic E-state index is 12.0. The summed E-state index contributed by atoms with van der Waals surface area (Å²) in [5.41, 5.74) is 1.61. The van der Waals surface area contributed by atoms with E-state index in [2.05, 4.69) is 10.4 Å². The number of carbonyl (C=O) groups is 1. The maximum atomic E-state index is 12.0. The van der Waals surface area contributed by atoms with Crippen LogP contribution in [-0.4, -0.2) is 33.9 Å². The molecule has 3 rings (SSSR count). The van der Waals surface area contributed by atoms with Gasteiger partial charge in [0.2, 0.25) is 5.91 Å². The Morgan fingerprint density at radius 3 is 3.12 bits per heavy atom. The van der Waals surface area contributed by atoms with Gasteiger partial charge in [0, 0.05) is 31.3 Å². The summed E-state index contributed by atoms with van der Waals surface area (Å²) < 4.78 is 7.08. The van der Waals surface area contributed by atoms with E-state index in [1.807, 2.05) is 18.2 Å². The number of amides is 1. The zero-order chi connectivity index (χ0) is 17.2. The Kier molecular flexibility index (Phi) is 4.40. The van der Waals surface area contributed by atoms with Crippen LogP contribution in [0.4, 0.5) is 0 Å². The Labute approximate surface area is 140 Å². The first kappa shape index (κ1) is 16.3. The lowest BCUT2D eigenvalue weighted by Crippen LogP contribution is -2.37. The van der Waals surface area contributed by atoms with Gasteiger partial charge in [-0.1, -0.05) is 6.07 Å². The van der Waals surface area contributed by atoms with Gasteiger partial charge in [-0.15, -0.1) is 0 Å². The second kappa shape index (κ2) is 6.49. The van der Waals surface area contributed by atoms with Crippen molar-refractivity contribution < 1.29 is 14.6 Å². The molecule has 0 bridgehead atoms. The van der Waals surface area contributed by atoms with Crippen LogP contribution in [0.15, 0.2) is 36.7 Å². The van der Waals surface area contributed by atoms with Gasteiger partial charge >= 0.3 is 0 Å². The topological polar surface area (TPSA) is 76.4 Å². The quantitative estimate of drug-likeness (QED) is 0.814. The first-order valence-corrected chi connectivity index (χ1v) is 7.87. The number of hydrogen-bond acceptors (Lipinski definition) is 4. The van der Waals surface area contributed by atoms with Crippen molar-refractivity contribution in [3.63, 3.8) is 0 Å². The van der Waals surface area contributed by atoms with Crippen LogP contribution >= 0.6 is 0 Å². The lowest BCUT2D eigenvalue weighted by atomic mass is 10.00. The molecule has 1 aliphatic rings. The molecule has 0 radical (unpaired) electrons. The van der Waals surface area contributed by atoms with E-state index >= 15 is 0 Å². The van der Waals surface area contributed by atoms with Crippen LogP contribution < -0.4 is 10.1 Å². The van der Waals surface area contributed by atoms with Crippen LogP contribution in [0.5, 0.6) is 5.75 Å². The molecule has 0 fully saturated rings. The third kappa shape index (κ3) is 3.65. The van der Waals surface area contributed by atoms with Crippen molar-refractivity contribution >= 4 is 12.0 Å². The van der Waals surface area contributed by atoms with Gasteiger partial charge in [0.1, 0.15) is 11.4 Å². The predicted molar refractivity (Wildman–Crippen MR) is 90.5 cm³/mol. The smallest absolute Gasteiger partial charge is 0.244 e. The molecule has 2 heterocycles. The largest absolute Gasteiger partial charge is 0.493 e. The third-order valence-electron chi connectivity index (χ3n) is 4.07. The summed E-state index contributed by atoms with van der Waals surface area (Å²) in [5, 5.41) is 17.2. The SMILES string of the molecule is Cn1cc([C@](C)(O)CNC(=O)/C=C/c2ccc3c(c2)CCO3)cn1. The summed E-state index contributed by atoms with van der Waals surface area (Å²) in [6.45, 7) is 2.47. The number of hydrogen-bond donors (Lipinski definition) is 2. The molecule has 126 valence electrons. The molecule has 0 spiro atoms. The number of carbonyl (C=O) groups excluding carboxylic acids is 1. The average Bonchev–Trinajstić information content (AvgIpc) is 3.19. The minimum absolute atomic E-state index is 0.111. The standard InChI is InChI=1S/C18H21N3O3/c1-18(23,15-10-20-21(2)11-15)12-19-17(22)6-4-13-3-5-16-14(9-13)7-8-24-16/h3-6,9-11,23H,7-8,12H2,1-2H3,(H,19,22)/b6-4+/t18-/m1/s1. The lowest BCUT2D eigenvalue weighted by Gasteiger charge is -2.21. The van der Waals surface area contributed by atoms with E-state index in [1.54, 1.807) is 37.1 Å². The first-order chi connectivity index (χ1) is 11.4. The molecule has 1 aromatic carbocycles. The summed E-state index contributed by atoms with van der Waals surface area (Å²) >= 11 is 0. The highest BCUT2D eigenvalue weighted by Gasteiger charge is 2.25. The molecular formula is C18H21N3O3. The van der Waals surface area contributed by atoms with Crippen molar-refractivity contribution in [2.75, 3.05) is 13.2 Å². The van der Waals surface area contributed by atoms with E-state index in [4.69, 9.17) is 4.74 Å². The second-order valence-electron chi connectivity index (χ2n) is 6.19. The number of aryl methyl sites for hydroxylation is 1. The molecular weight excluding hydrogens is 306 g/mol. The Balaban J connectivity index is 1.57. The monoisotopic (exact) mass is 327 g/mol. The second-order valence-corrected chi connectivity index (χ2v) is 6.19. The normalized spacial score (nSPS) is 15.8. The fourth-order valence-electron chi connectivity index (χ4n) is 2.60. The minimum Gasteiger partial charge on any atom is -0.493 e. The summed E-state index contributed by atoms with van der Waals surface area (Å²) in [5.74, 6) is 0.667. The van der Waals surface area contributed by atoms with Crippen LogP contribution in [0, 0.1) is 0 Å². The molecule has 0 aliphatic carbocycles. The Bertz CT molecular complexity index is 778. The molecule has 1 aromatic heterocycles. The molecule has 0 unspecified atom stereocenters. The van der Waals surface area contributed by atoms with Crippen LogP contribution in [0.2, 0.25) is 0 Å². The molecule has 1 aliphatic heterocycles. The number of aliphatic hydroxyl groups is 1. The highest BCUT2D eigenvalue weighted by atomic mass is 16.5. The Hall–Kier alpha value is -2.60. The Morgan fingerprint density at radius 1 is 1.54 bits per heavy atom. The summed E-state index contributed by atoms with van der Waals surface area (Å²) in [7, 11) is 1.78. The first-order valence-electron chi connectivity index (χ1n) is 7.87. The van der Waals surface area contributed by atoms with E-state index in [1.165, 1.54) is 6.08 Å². The average molecular weight is 327 g/mol. The van der Waals surface area contributed by atoms with E-state index < -0.39 is 5.60 Å². The van der Waals surface area contributed by atoms with Crippen molar-refractivity contribution in [3.8, 4) is 5.75 Å². The number of aromatic nitrogens is 2. The van der Waals surface area contributed by atoms with E-state index in [0.29, 0.717) is 12.2 Å². The van der Waals surface area contributed by atoms with Crippen molar-refractivity contribution in [3.05, 3.63) is 53.4 Å². The highest BCUT2D eigenvalue weighted by molar-refractivity contribution is 5.91. The van der Waals surface area contributed by atoms with Crippen LogP contribution in [-0.2, 0) is 23.9 Å². The fraction of sp³-hybridized carbons (Fsp3) is 0.333. The molecule has 1 amide bonds. The lowest BCUT2D eigenvalue weighted by molar-refractivity contribution is -0.117. The van der Waals surface area contributed by atoms with Crippen LogP contribution in [0.1, 0.15) is 23.6 Å². The van der Waals surface area contributed by atoms with Gasteiger partial charge < -0.3 is 15.2 Å². The molecule has 2 N–H and O–H groups in total. The molecule has 24 heavy (non-hydrogen) atoms. The van der Waals surface area contributed by atoms with Crippen molar-refractivity contribution in [2.45, 2.75) is 18.9 Å². The van der Waals surface area contributed by atoms with Gasteiger partial charge in [-0.3, -0.25) is 9.48 Å². The van der Waals surface area contributed by atoms with Crippen molar-refractivity contribution in [1.29, 1.82) is 0 Å². The molecule has 6 heteroatoms. The van der Waals surface area contributed by atoms with Gasteiger partial charge in [0.05, 0.1) is 19.3 Å². The number of benzene rings is 1. The fourth-order valence-corrected chi connectivity index (χ4v) is 2.60. The number of rotatable bonds is 5. The molecule has 2 aromatic rings. The summed E-state index contributed by atoms with van der Waals surface area (Å²) in [6.07, 6.45) is 7.45. The number of nitrogens with zero attached hydrogens (tertiary/aromatic N) is 2. The van der Waals surface area contributed by atoms with Gasteiger partial charge in [0.15, 0.2) is 0 Å². The molecule has 6 nitrogen and oxygen atoms in total. The van der Waals surface area contributed by atoms with Gasteiger partial charge in [0.25, 0.3) is 0 Å². The van der Waals surface area contributed by atoms with Crippen LogP contribution in [0.25, 0.3) is 6.08 Å². The predicted octanol–water partition coefficient (Wildman–Crippen LogP) is 1.39. The molecule has 1 atom stereocenters. The number of nitrogens with one attached hydrogen (secondary N) is 1. The molecule has 0 saturated carbocycles. The third-order valence-corrected chi connectivity index (χ3v) is 4.07. The Morgan fingerprint density at radius 2 is 2.38 bits per heavy atom. The maximum Gasteiger partial charge on any atom is 0.244 e. The van der Waals surface area contributed by atoms with Crippen molar-refractivity contribution in [2.24, 2.45) is 7.05 Å². The number of fused-ring (bicyclic) bond motifs is 1. The number of ether oxygens (including phenoxy) is 1. The highest BCUT2D eigenvalue weighted by Crippen LogP contribution is 2.26. The zero-order valence-corrected chi connectivity index (χ0v) is 13.8. The van der Waals surface area contributed by atoms with Crippen molar-refractivity contribution in [1.82, 2.24) is 15.1 Å². The molecule has 0 saturated heterocycles. The van der Waals surface area contributed by atoms with Gasteiger partial charge in [-0.05, 0) is 36.3 Å². The van der Waals surface area contributed by atoms with Crippen LogP contribution in [0.3, 0.4) is 0 Å². The minimum atomic E-state index is -1.16. The van der Waals surface area contributed by atoms with Gasteiger partial charge in [-0.2, -0.15) is 5.10 Å². The van der Waals surface area contributed by atoms with Gasteiger partial charge in [-0.25, -0.2) is 0 Å².